The van der Waals surface area contributed by atoms with Gasteiger partial charge in [-0.3, -0.25) is 19.2 Å². The van der Waals surface area contributed by atoms with E-state index in [1.807, 2.05) is 88.6 Å². The van der Waals surface area contributed by atoms with E-state index in [-0.39, 0.29) is 56.7 Å². The number of nitrogens with one attached hydrogen (secondary N) is 7. The lowest BCUT2D eigenvalue weighted by Crippen LogP contribution is -2.42. The van der Waals surface area contributed by atoms with Crippen LogP contribution in [0.2, 0.25) is 10.0 Å². The molecule has 0 aliphatic heterocycles. The van der Waals surface area contributed by atoms with Gasteiger partial charge in [-0.15, -0.1) is 0 Å². The second kappa shape index (κ2) is 29.4. The molecule has 10 rings (SSSR count). The number of carbonyl (C=O) groups excluding carboxylic acids is 4. The summed E-state index contributed by atoms with van der Waals surface area (Å²) in [6, 6.07) is 30.4. The number of aromatic amines is 2. The van der Waals surface area contributed by atoms with Gasteiger partial charge in [0.25, 0.3) is 11.8 Å². The standard InChI is InChI=1S/C30H31ClN6O2.C25H25ClN6O.C5H7ClO.2CH4/c1-18(2)14-27(38)34-20-12-10-19(11-13-20)29(39)35-21-6-5-7-22(15-21)36-30-33-17-25(31)28(37-30)24-16-32-26-9-4-3-8-23(24)26;26-21-14-29-25(32-23(21)20-13-28-22-7-2-1-6-19(20)22)31-18-5-3-4-17(12-18)30-24(33)15-8-10-16(27)11-9-15;1-4(2)3-5(6)7;;/h3-4,8-14,16-17,21-22,32H,5-7,15H2,1-2H3,(H,34,38)(H,35,39)(H,33,36,37);1-2,6-11,13-14,17-18,28H,3-5,12,27H2,(H,30,33)(H,29,31,32);3H,1-2H3;2*1H4/t21-,22+;17-,18+;;;/m00.../s1. The summed E-state index contributed by atoms with van der Waals surface area (Å²) in [6.45, 7) is 7.37. The normalized spacial score (nSPS) is 16.2. The number of nitrogens with zero attached hydrogens (tertiary/aromatic N) is 4. The van der Waals surface area contributed by atoms with Crippen LogP contribution in [0.5, 0.6) is 0 Å². The lowest BCUT2D eigenvalue weighted by molar-refractivity contribution is -0.112. The Kier molecular flexibility index (Phi) is 22.6. The summed E-state index contributed by atoms with van der Waals surface area (Å²) in [7, 11) is 0. The number of benzene rings is 4. The Balaban J connectivity index is 0.000000230. The van der Waals surface area contributed by atoms with Gasteiger partial charge in [0.2, 0.25) is 23.0 Å². The number of para-hydroxylation sites is 2. The van der Waals surface area contributed by atoms with E-state index in [4.69, 9.17) is 50.5 Å². The van der Waals surface area contributed by atoms with Gasteiger partial charge in [-0.2, -0.15) is 0 Å². The SMILES string of the molecule is C.C.CC(C)=CC(=O)Cl.CC(C)=CC(=O)Nc1ccc(C(=O)N[C@H]2CCC[C@@H](Nc3ncc(Cl)c(-c4c[nH]c5ccccc45)n3)C2)cc1.Nc1ccc(C(=O)N[C@H]2CCC[C@@H](Nc3ncc(Cl)c(-c4c[nH]c5ccccc45)n3)C2)cc1. The number of carbonyl (C=O) groups is 4. The number of amides is 3. The molecule has 2 aliphatic carbocycles. The summed E-state index contributed by atoms with van der Waals surface area (Å²) in [5.74, 6) is 0.654. The maximum absolute atomic E-state index is 12.9. The largest absolute Gasteiger partial charge is 0.399 e. The average molecular weight is 1150 g/mol. The summed E-state index contributed by atoms with van der Waals surface area (Å²) in [5, 5.41) is 18.7. The molecule has 2 aliphatic rings. The topological polar surface area (TPSA) is 238 Å². The number of hydrogen-bond acceptors (Lipinski definition) is 11. The third kappa shape index (κ3) is 17.5. The van der Waals surface area contributed by atoms with Crippen LogP contribution in [0.25, 0.3) is 44.3 Å². The van der Waals surface area contributed by atoms with E-state index in [0.717, 1.165) is 95.4 Å². The lowest BCUT2D eigenvalue weighted by atomic mass is 9.91. The molecule has 0 saturated heterocycles. The zero-order chi connectivity index (χ0) is 56.0. The van der Waals surface area contributed by atoms with Crippen molar-refractivity contribution in [3.8, 4) is 22.5 Å². The number of H-pyrrole nitrogens is 2. The number of nitrogen functional groups attached to an aromatic ring is 1. The number of anilines is 4. The molecule has 424 valence electrons. The molecule has 4 heterocycles. The highest BCUT2D eigenvalue weighted by atomic mass is 35.5. The lowest BCUT2D eigenvalue weighted by Gasteiger charge is -2.30. The van der Waals surface area contributed by atoms with E-state index < -0.39 is 5.24 Å². The first-order chi connectivity index (χ1) is 38.0. The molecule has 16 nitrogen and oxygen atoms in total. The Bertz CT molecular complexity index is 3500. The molecular formula is C62H71Cl3N12O4. The fourth-order valence-electron chi connectivity index (χ4n) is 9.60. The first kappa shape index (κ1) is 62.2. The third-order valence-electron chi connectivity index (χ3n) is 13.3. The quantitative estimate of drug-likeness (QED) is 0.0307. The van der Waals surface area contributed by atoms with Gasteiger partial charge in [-0.05, 0) is 157 Å². The third-order valence-corrected chi connectivity index (χ3v) is 13.9. The highest BCUT2D eigenvalue weighted by Crippen LogP contribution is 2.35. The van der Waals surface area contributed by atoms with Crippen LogP contribution in [-0.2, 0) is 9.59 Å². The summed E-state index contributed by atoms with van der Waals surface area (Å²) in [4.78, 5) is 72.2. The van der Waals surface area contributed by atoms with Crippen molar-refractivity contribution in [3.05, 3.63) is 166 Å². The van der Waals surface area contributed by atoms with Gasteiger partial charge in [0.05, 0.1) is 33.8 Å². The van der Waals surface area contributed by atoms with Crippen molar-refractivity contribution in [3.63, 3.8) is 0 Å². The Morgan fingerprint density at radius 3 is 1.42 bits per heavy atom. The summed E-state index contributed by atoms with van der Waals surface area (Å²) < 4.78 is 0. The van der Waals surface area contributed by atoms with E-state index in [9.17, 15) is 19.2 Å². The molecule has 19 heteroatoms. The smallest absolute Gasteiger partial charge is 0.251 e. The van der Waals surface area contributed by atoms with Crippen molar-refractivity contribution in [1.82, 2.24) is 40.5 Å². The molecule has 2 saturated carbocycles. The van der Waals surface area contributed by atoms with Crippen LogP contribution >= 0.6 is 34.8 Å². The average Bonchev–Trinajstić information content (AvgIpc) is 4.30. The molecule has 0 unspecified atom stereocenters. The molecule has 9 N–H and O–H groups in total. The van der Waals surface area contributed by atoms with E-state index in [1.54, 1.807) is 60.9 Å². The molecule has 4 aromatic heterocycles. The predicted molar refractivity (Wildman–Crippen MR) is 332 cm³/mol. The van der Waals surface area contributed by atoms with Crippen LogP contribution in [0.4, 0.5) is 23.3 Å². The molecule has 0 spiro atoms. The summed E-state index contributed by atoms with van der Waals surface area (Å²) in [6.07, 6.45) is 17.4. The van der Waals surface area contributed by atoms with Crippen molar-refractivity contribution in [2.75, 3.05) is 21.7 Å². The van der Waals surface area contributed by atoms with Gasteiger partial charge in [-0.25, -0.2) is 19.9 Å². The first-order valence-electron chi connectivity index (χ1n) is 26.1. The highest BCUT2D eigenvalue weighted by Gasteiger charge is 2.27. The van der Waals surface area contributed by atoms with Crippen LogP contribution in [0.1, 0.15) is 115 Å². The Hall–Kier alpha value is -8.05. The molecule has 3 amide bonds. The zero-order valence-electron chi connectivity index (χ0n) is 44.3. The fourth-order valence-corrected chi connectivity index (χ4v) is 10.2. The van der Waals surface area contributed by atoms with Gasteiger partial charge in [0.1, 0.15) is 0 Å². The van der Waals surface area contributed by atoms with Crippen LogP contribution in [0, 0.1) is 0 Å². The van der Waals surface area contributed by atoms with Crippen LogP contribution in [-0.4, -0.2) is 77.0 Å². The van der Waals surface area contributed by atoms with Crippen LogP contribution in [0.3, 0.4) is 0 Å². The van der Waals surface area contributed by atoms with E-state index in [2.05, 4.69) is 46.5 Å². The number of halogens is 3. The van der Waals surface area contributed by atoms with Crippen molar-refractivity contribution in [2.45, 2.75) is 118 Å². The number of fused-ring (bicyclic) bond motifs is 2. The Morgan fingerprint density at radius 1 is 0.580 bits per heavy atom. The molecule has 2 fully saturated rings. The molecule has 81 heavy (non-hydrogen) atoms. The molecule has 0 bridgehead atoms. The highest BCUT2D eigenvalue weighted by molar-refractivity contribution is 6.66. The van der Waals surface area contributed by atoms with Crippen molar-refractivity contribution >= 4 is 103 Å². The summed E-state index contributed by atoms with van der Waals surface area (Å²) in [5.41, 5.74) is 15.3. The molecule has 0 radical (unpaired) electrons. The minimum Gasteiger partial charge on any atom is -0.399 e. The Labute approximate surface area is 488 Å². The second-order valence-electron chi connectivity index (χ2n) is 20.1. The van der Waals surface area contributed by atoms with Gasteiger partial charge in [0, 0.05) is 98.1 Å². The fraction of sp³-hybridized carbons (Fsp3) is 0.290. The molecular weight excluding hydrogens is 1080 g/mol. The zero-order valence-corrected chi connectivity index (χ0v) is 46.6. The van der Waals surface area contributed by atoms with Gasteiger partial charge in [-0.1, -0.05) is 85.6 Å². The number of rotatable bonds is 13. The number of allylic oxidation sites excluding steroid dienone is 3. The molecule has 8 aromatic rings. The van der Waals surface area contributed by atoms with Crippen molar-refractivity contribution in [1.29, 1.82) is 0 Å². The number of aromatic nitrogens is 6. The minimum atomic E-state index is -0.403. The van der Waals surface area contributed by atoms with E-state index >= 15 is 0 Å². The number of nitrogens with two attached hydrogens (primary N) is 1. The monoisotopic (exact) mass is 1150 g/mol. The van der Waals surface area contributed by atoms with Crippen LogP contribution in [0.15, 0.2) is 145 Å². The molecule has 4 aromatic carbocycles. The first-order valence-corrected chi connectivity index (χ1v) is 27.3. The van der Waals surface area contributed by atoms with Crippen LogP contribution < -0.4 is 32.3 Å². The van der Waals surface area contributed by atoms with Gasteiger partial charge >= 0.3 is 0 Å². The van der Waals surface area contributed by atoms with Crippen molar-refractivity contribution in [2.24, 2.45) is 0 Å². The van der Waals surface area contributed by atoms with Gasteiger partial charge in [0.15, 0.2) is 0 Å². The maximum Gasteiger partial charge on any atom is 0.251 e. The maximum atomic E-state index is 12.9. The summed E-state index contributed by atoms with van der Waals surface area (Å²) >= 11 is 17.9. The van der Waals surface area contributed by atoms with E-state index in [1.165, 1.54) is 12.2 Å². The van der Waals surface area contributed by atoms with Crippen molar-refractivity contribution < 1.29 is 19.2 Å². The van der Waals surface area contributed by atoms with E-state index in [0.29, 0.717) is 55.8 Å². The minimum absolute atomic E-state index is 0. The predicted octanol–water partition coefficient (Wildman–Crippen LogP) is 14.3. The Morgan fingerprint density at radius 2 is 1.00 bits per heavy atom. The van der Waals surface area contributed by atoms with Gasteiger partial charge < -0.3 is 42.3 Å². The second-order valence-corrected chi connectivity index (χ2v) is 21.3. The number of hydrogen-bond donors (Lipinski definition) is 8. The molecule has 4 atom stereocenters.